The summed E-state index contributed by atoms with van der Waals surface area (Å²) in [5, 5.41) is 3.23. The number of carbonyl (C=O) groups excluding carboxylic acids is 1. The normalized spacial score (nSPS) is 14.3. The Morgan fingerprint density at radius 3 is 2.46 bits per heavy atom. The standard InChI is InChI=1S/C18H25N7O/c1-2-3-4-6-19-16-14-22-15(13-23-16)17(26)24-9-11-25(12-10-24)18-20-7-5-8-21-18/h5,7-8,13-14H,2-4,6,9-12H2,1H3,(H,19,23). The summed E-state index contributed by atoms with van der Waals surface area (Å²) >= 11 is 0. The molecule has 0 atom stereocenters. The van der Waals surface area contributed by atoms with E-state index in [2.05, 4.69) is 37.1 Å². The minimum atomic E-state index is -0.0799. The molecule has 1 N–H and O–H groups in total. The number of nitrogens with one attached hydrogen (secondary N) is 1. The zero-order chi connectivity index (χ0) is 18.2. The van der Waals surface area contributed by atoms with E-state index in [1.165, 1.54) is 12.8 Å². The number of carbonyl (C=O) groups is 1. The summed E-state index contributed by atoms with van der Waals surface area (Å²) in [5.41, 5.74) is 0.383. The van der Waals surface area contributed by atoms with Gasteiger partial charge < -0.3 is 15.1 Å². The maximum absolute atomic E-state index is 12.6. The molecule has 0 aliphatic carbocycles. The fourth-order valence-electron chi connectivity index (χ4n) is 2.85. The first kappa shape index (κ1) is 18.0. The second-order valence-electron chi connectivity index (χ2n) is 6.25. The number of amides is 1. The lowest BCUT2D eigenvalue weighted by Gasteiger charge is -2.34. The van der Waals surface area contributed by atoms with Gasteiger partial charge in [-0.1, -0.05) is 19.8 Å². The third-order valence-electron chi connectivity index (χ3n) is 4.36. The molecule has 1 fully saturated rings. The number of anilines is 2. The number of nitrogens with zero attached hydrogens (tertiary/aromatic N) is 6. The number of unbranched alkanes of at least 4 members (excludes halogenated alkanes) is 2. The van der Waals surface area contributed by atoms with Gasteiger partial charge in [0, 0.05) is 45.1 Å². The number of rotatable bonds is 7. The van der Waals surface area contributed by atoms with Crippen molar-refractivity contribution in [2.24, 2.45) is 0 Å². The Hall–Kier alpha value is -2.77. The fourth-order valence-corrected chi connectivity index (χ4v) is 2.85. The van der Waals surface area contributed by atoms with E-state index in [1.807, 2.05) is 0 Å². The second kappa shape index (κ2) is 9.07. The lowest BCUT2D eigenvalue weighted by atomic mass is 10.2. The molecule has 1 saturated heterocycles. The highest BCUT2D eigenvalue weighted by atomic mass is 16.2. The van der Waals surface area contributed by atoms with Crippen LogP contribution in [-0.4, -0.2) is 63.5 Å². The van der Waals surface area contributed by atoms with E-state index in [1.54, 1.807) is 35.8 Å². The number of hydrogen-bond acceptors (Lipinski definition) is 7. The fraction of sp³-hybridized carbons (Fsp3) is 0.500. The second-order valence-corrected chi connectivity index (χ2v) is 6.25. The summed E-state index contributed by atoms with van der Waals surface area (Å²) < 4.78 is 0. The van der Waals surface area contributed by atoms with Crippen LogP contribution in [-0.2, 0) is 0 Å². The zero-order valence-corrected chi connectivity index (χ0v) is 15.1. The highest BCUT2D eigenvalue weighted by Gasteiger charge is 2.24. The molecule has 138 valence electrons. The van der Waals surface area contributed by atoms with E-state index in [0.29, 0.717) is 43.6 Å². The van der Waals surface area contributed by atoms with Crippen LogP contribution in [0.5, 0.6) is 0 Å². The van der Waals surface area contributed by atoms with E-state index < -0.39 is 0 Å². The molecule has 0 radical (unpaired) electrons. The zero-order valence-electron chi connectivity index (χ0n) is 15.1. The van der Waals surface area contributed by atoms with Crippen molar-refractivity contribution in [2.75, 3.05) is 42.9 Å². The summed E-state index contributed by atoms with van der Waals surface area (Å²) in [5.74, 6) is 1.34. The SMILES string of the molecule is CCCCCNc1cnc(C(=O)N2CCN(c3ncccn3)CC2)cn1. The number of aromatic nitrogens is 4. The van der Waals surface area contributed by atoms with E-state index in [4.69, 9.17) is 0 Å². The Balaban J connectivity index is 1.50. The molecule has 26 heavy (non-hydrogen) atoms. The van der Waals surface area contributed by atoms with E-state index in [9.17, 15) is 4.79 Å². The molecule has 8 heteroatoms. The van der Waals surface area contributed by atoms with Crippen molar-refractivity contribution in [3.63, 3.8) is 0 Å². The van der Waals surface area contributed by atoms with Gasteiger partial charge >= 0.3 is 0 Å². The van der Waals surface area contributed by atoms with Gasteiger partial charge in [0.2, 0.25) is 5.95 Å². The van der Waals surface area contributed by atoms with Gasteiger partial charge in [-0.25, -0.2) is 19.9 Å². The van der Waals surface area contributed by atoms with Crippen LogP contribution in [0, 0.1) is 0 Å². The minimum Gasteiger partial charge on any atom is -0.369 e. The van der Waals surface area contributed by atoms with Crippen LogP contribution in [0.1, 0.15) is 36.7 Å². The average Bonchev–Trinajstić information content (AvgIpc) is 2.72. The predicted octanol–water partition coefficient (Wildman–Crippen LogP) is 1.83. The number of hydrogen-bond donors (Lipinski definition) is 1. The summed E-state index contributed by atoms with van der Waals surface area (Å²) in [6.45, 7) is 5.71. The third kappa shape index (κ3) is 4.65. The molecule has 8 nitrogen and oxygen atoms in total. The summed E-state index contributed by atoms with van der Waals surface area (Å²) in [4.78, 5) is 33.6. The Bertz CT molecular complexity index is 684. The van der Waals surface area contributed by atoms with E-state index in [0.717, 1.165) is 13.0 Å². The Morgan fingerprint density at radius 1 is 1.04 bits per heavy atom. The van der Waals surface area contributed by atoms with Gasteiger partial charge in [-0.05, 0) is 12.5 Å². The van der Waals surface area contributed by atoms with Gasteiger partial charge in [0.25, 0.3) is 5.91 Å². The van der Waals surface area contributed by atoms with E-state index >= 15 is 0 Å². The first-order valence-electron chi connectivity index (χ1n) is 9.15. The third-order valence-corrected chi connectivity index (χ3v) is 4.36. The van der Waals surface area contributed by atoms with Crippen molar-refractivity contribution < 1.29 is 4.79 Å². The molecule has 2 aromatic heterocycles. The summed E-state index contributed by atoms with van der Waals surface area (Å²) in [7, 11) is 0. The van der Waals surface area contributed by atoms with Crippen LogP contribution in [0.25, 0.3) is 0 Å². The lowest BCUT2D eigenvalue weighted by molar-refractivity contribution is 0.0740. The van der Waals surface area contributed by atoms with Crippen LogP contribution in [0.15, 0.2) is 30.9 Å². The monoisotopic (exact) mass is 355 g/mol. The Kier molecular flexibility index (Phi) is 6.29. The van der Waals surface area contributed by atoms with Crippen LogP contribution >= 0.6 is 0 Å². The lowest BCUT2D eigenvalue weighted by Crippen LogP contribution is -2.49. The maximum atomic E-state index is 12.6. The van der Waals surface area contributed by atoms with Gasteiger partial charge in [-0.3, -0.25) is 4.79 Å². The van der Waals surface area contributed by atoms with Gasteiger partial charge in [-0.2, -0.15) is 0 Å². The van der Waals surface area contributed by atoms with Gasteiger partial charge in [0.15, 0.2) is 0 Å². The molecule has 3 rings (SSSR count). The van der Waals surface area contributed by atoms with Gasteiger partial charge in [-0.15, -0.1) is 0 Å². The molecular formula is C18H25N7O. The van der Waals surface area contributed by atoms with Crippen molar-refractivity contribution in [1.82, 2.24) is 24.8 Å². The summed E-state index contributed by atoms with van der Waals surface area (Å²) in [6, 6.07) is 1.80. The van der Waals surface area contributed by atoms with Crippen molar-refractivity contribution in [3.8, 4) is 0 Å². The highest BCUT2D eigenvalue weighted by molar-refractivity contribution is 5.92. The molecular weight excluding hydrogens is 330 g/mol. The quantitative estimate of drug-likeness (QED) is 0.758. The topological polar surface area (TPSA) is 87.1 Å². The van der Waals surface area contributed by atoms with Crippen LogP contribution < -0.4 is 10.2 Å². The molecule has 0 saturated carbocycles. The van der Waals surface area contributed by atoms with Crippen LogP contribution in [0.3, 0.4) is 0 Å². The predicted molar refractivity (Wildman–Crippen MR) is 100 cm³/mol. The van der Waals surface area contributed by atoms with Crippen LogP contribution in [0.2, 0.25) is 0 Å². The molecule has 0 aromatic carbocycles. The Morgan fingerprint density at radius 2 is 1.81 bits per heavy atom. The van der Waals surface area contributed by atoms with Gasteiger partial charge in [0.1, 0.15) is 11.5 Å². The smallest absolute Gasteiger partial charge is 0.274 e. The first-order valence-corrected chi connectivity index (χ1v) is 9.15. The Labute approximate surface area is 153 Å². The molecule has 3 heterocycles. The molecule has 1 amide bonds. The average molecular weight is 355 g/mol. The molecule has 0 bridgehead atoms. The molecule has 0 unspecified atom stereocenters. The molecule has 1 aliphatic heterocycles. The first-order chi connectivity index (χ1) is 12.8. The van der Waals surface area contributed by atoms with E-state index in [-0.39, 0.29) is 5.91 Å². The highest BCUT2D eigenvalue weighted by Crippen LogP contribution is 2.12. The summed E-state index contributed by atoms with van der Waals surface area (Å²) in [6.07, 6.45) is 10.1. The number of piperazine rings is 1. The largest absolute Gasteiger partial charge is 0.369 e. The molecule has 0 spiro atoms. The van der Waals surface area contributed by atoms with Crippen molar-refractivity contribution in [1.29, 1.82) is 0 Å². The van der Waals surface area contributed by atoms with Crippen LogP contribution in [0.4, 0.5) is 11.8 Å². The minimum absolute atomic E-state index is 0.0799. The van der Waals surface area contributed by atoms with Crippen molar-refractivity contribution in [3.05, 3.63) is 36.5 Å². The maximum Gasteiger partial charge on any atom is 0.274 e. The molecule has 1 aliphatic rings. The van der Waals surface area contributed by atoms with Gasteiger partial charge in [0.05, 0.1) is 12.4 Å². The van der Waals surface area contributed by atoms with Crippen molar-refractivity contribution >= 4 is 17.7 Å². The molecule has 2 aromatic rings. The van der Waals surface area contributed by atoms with Crippen molar-refractivity contribution in [2.45, 2.75) is 26.2 Å².